The van der Waals surface area contributed by atoms with Crippen molar-refractivity contribution in [2.45, 2.75) is 32.4 Å². The second kappa shape index (κ2) is 7.12. The van der Waals surface area contributed by atoms with Crippen LogP contribution in [0, 0.1) is 0 Å². The average molecular weight is 394 g/mol. The number of alkyl halides is 3. The smallest absolute Gasteiger partial charge is 0.406 e. The Hall–Kier alpha value is -3.14. The molecule has 0 bridgehead atoms. The van der Waals surface area contributed by atoms with E-state index in [0.29, 0.717) is 16.5 Å². The van der Waals surface area contributed by atoms with Gasteiger partial charge in [-0.05, 0) is 37.6 Å². The van der Waals surface area contributed by atoms with Crippen LogP contribution in [0.15, 0.2) is 42.7 Å². The minimum absolute atomic E-state index is 0.183. The number of halogens is 3. The van der Waals surface area contributed by atoms with Crippen LogP contribution >= 0.6 is 0 Å². The molecule has 0 radical (unpaired) electrons. The molecule has 0 aliphatic rings. The van der Waals surface area contributed by atoms with Crippen LogP contribution in [0.25, 0.3) is 10.9 Å². The maximum absolute atomic E-state index is 12.4. The van der Waals surface area contributed by atoms with Crippen molar-refractivity contribution in [1.29, 1.82) is 0 Å². The number of carbonyl (C=O) groups is 1. The van der Waals surface area contributed by atoms with Crippen molar-refractivity contribution >= 4 is 22.6 Å². The number of nitrogens with one attached hydrogen (secondary N) is 1. The highest BCUT2D eigenvalue weighted by Gasteiger charge is 2.31. The topological polar surface area (TPSA) is 89.3 Å². The molecular formula is C18H17F3N4O3. The average Bonchev–Trinajstić information content (AvgIpc) is 2.96. The highest BCUT2D eigenvalue weighted by molar-refractivity contribution is 6.02. The summed E-state index contributed by atoms with van der Waals surface area (Å²) in [5, 5.41) is 17.2. The number of fused-ring (bicyclic) bond motifs is 1. The van der Waals surface area contributed by atoms with Gasteiger partial charge >= 0.3 is 6.36 Å². The third-order valence-corrected chi connectivity index (χ3v) is 3.75. The van der Waals surface area contributed by atoms with Gasteiger partial charge in [-0.25, -0.2) is 4.98 Å². The van der Waals surface area contributed by atoms with E-state index >= 15 is 0 Å². The SMILES string of the molecule is CC(C)(O)C(=O)Nc1nccc2nn(Cc3cccc(OC(F)(F)F)c3)cc12. The number of rotatable bonds is 5. The van der Waals surface area contributed by atoms with Crippen LogP contribution < -0.4 is 10.1 Å². The molecule has 0 saturated carbocycles. The highest BCUT2D eigenvalue weighted by atomic mass is 19.4. The van der Waals surface area contributed by atoms with Crippen LogP contribution in [0.2, 0.25) is 0 Å². The Morgan fingerprint density at radius 1 is 1.29 bits per heavy atom. The van der Waals surface area contributed by atoms with E-state index in [0.717, 1.165) is 0 Å². The van der Waals surface area contributed by atoms with Crippen LogP contribution in [0.3, 0.4) is 0 Å². The van der Waals surface area contributed by atoms with E-state index in [1.165, 1.54) is 42.9 Å². The van der Waals surface area contributed by atoms with Crippen molar-refractivity contribution in [1.82, 2.24) is 14.8 Å². The number of ether oxygens (including phenoxy) is 1. The third kappa shape index (κ3) is 4.77. The van der Waals surface area contributed by atoms with Crippen molar-refractivity contribution in [2.75, 3.05) is 5.32 Å². The third-order valence-electron chi connectivity index (χ3n) is 3.75. The number of pyridine rings is 1. The minimum Gasteiger partial charge on any atom is -0.406 e. The first-order valence-corrected chi connectivity index (χ1v) is 8.22. The number of nitrogens with zero attached hydrogens (tertiary/aromatic N) is 3. The van der Waals surface area contributed by atoms with Gasteiger partial charge in [0.1, 0.15) is 17.2 Å². The maximum Gasteiger partial charge on any atom is 0.573 e. The fourth-order valence-electron chi connectivity index (χ4n) is 2.46. The van der Waals surface area contributed by atoms with Gasteiger partial charge < -0.3 is 15.2 Å². The lowest BCUT2D eigenvalue weighted by Crippen LogP contribution is -2.36. The first kappa shape index (κ1) is 19.6. The molecule has 0 fully saturated rings. The lowest BCUT2D eigenvalue weighted by atomic mass is 10.1. The molecule has 2 aromatic heterocycles. The molecular weight excluding hydrogens is 377 g/mol. The summed E-state index contributed by atoms with van der Waals surface area (Å²) in [6.45, 7) is 2.88. The second-order valence-electron chi connectivity index (χ2n) is 6.63. The Balaban J connectivity index is 1.85. The van der Waals surface area contributed by atoms with Crippen LogP contribution in [0.5, 0.6) is 5.75 Å². The van der Waals surface area contributed by atoms with Crippen molar-refractivity contribution in [3.63, 3.8) is 0 Å². The van der Waals surface area contributed by atoms with Crippen LogP contribution in [-0.4, -0.2) is 37.7 Å². The van der Waals surface area contributed by atoms with Gasteiger partial charge in [-0.15, -0.1) is 13.2 Å². The maximum atomic E-state index is 12.4. The fraction of sp³-hybridized carbons (Fsp3) is 0.278. The fourth-order valence-corrected chi connectivity index (χ4v) is 2.46. The van der Waals surface area contributed by atoms with Gasteiger partial charge in [0.2, 0.25) is 0 Å². The summed E-state index contributed by atoms with van der Waals surface area (Å²) in [6, 6.07) is 7.22. The first-order valence-electron chi connectivity index (χ1n) is 8.22. The summed E-state index contributed by atoms with van der Waals surface area (Å²) in [7, 11) is 0. The summed E-state index contributed by atoms with van der Waals surface area (Å²) in [6.07, 6.45) is -1.70. The van der Waals surface area contributed by atoms with E-state index in [1.54, 1.807) is 18.3 Å². The van der Waals surface area contributed by atoms with Gasteiger partial charge in [-0.1, -0.05) is 12.1 Å². The van der Waals surface area contributed by atoms with Gasteiger partial charge in [0.15, 0.2) is 0 Å². The number of anilines is 1. The molecule has 148 valence electrons. The van der Waals surface area contributed by atoms with Crippen molar-refractivity contribution in [3.05, 3.63) is 48.3 Å². The molecule has 0 spiro atoms. The van der Waals surface area contributed by atoms with Crippen LogP contribution in [0.4, 0.5) is 19.0 Å². The van der Waals surface area contributed by atoms with E-state index in [-0.39, 0.29) is 18.1 Å². The Morgan fingerprint density at radius 2 is 2.04 bits per heavy atom. The van der Waals surface area contributed by atoms with E-state index < -0.39 is 17.9 Å². The Bertz CT molecular complexity index is 1010. The lowest BCUT2D eigenvalue weighted by molar-refractivity contribution is -0.274. The monoisotopic (exact) mass is 394 g/mol. The molecule has 0 saturated heterocycles. The number of hydrogen-bond acceptors (Lipinski definition) is 5. The molecule has 0 atom stereocenters. The zero-order valence-electron chi connectivity index (χ0n) is 15.0. The Morgan fingerprint density at radius 3 is 2.71 bits per heavy atom. The van der Waals surface area contributed by atoms with E-state index in [9.17, 15) is 23.1 Å². The molecule has 2 heterocycles. The molecule has 1 amide bonds. The van der Waals surface area contributed by atoms with Gasteiger partial charge in [-0.2, -0.15) is 5.10 Å². The second-order valence-corrected chi connectivity index (χ2v) is 6.63. The summed E-state index contributed by atoms with van der Waals surface area (Å²) in [4.78, 5) is 16.1. The predicted octanol–water partition coefficient (Wildman–Crippen LogP) is 3.09. The molecule has 2 N–H and O–H groups in total. The molecule has 7 nitrogen and oxygen atoms in total. The first-order chi connectivity index (χ1) is 13.0. The molecule has 3 aromatic rings. The van der Waals surface area contributed by atoms with E-state index in [2.05, 4.69) is 20.1 Å². The summed E-state index contributed by atoms with van der Waals surface area (Å²) < 4.78 is 42.6. The molecule has 10 heteroatoms. The van der Waals surface area contributed by atoms with Crippen molar-refractivity contribution in [3.8, 4) is 5.75 Å². The number of carbonyl (C=O) groups excluding carboxylic acids is 1. The molecule has 0 unspecified atom stereocenters. The summed E-state index contributed by atoms with van der Waals surface area (Å²) in [5.74, 6) is -0.719. The zero-order chi connectivity index (χ0) is 20.5. The quantitative estimate of drug-likeness (QED) is 0.694. The number of benzene rings is 1. The summed E-state index contributed by atoms with van der Waals surface area (Å²) in [5.41, 5.74) is -0.507. The highest BCUT2D eigenvalue weighted by Crippen LogP contribution is 2.25. The van der Waals surface area contributed by atoms with Gasteiger partial charge in [0, 0.05) is 12.4 Å². The number of aromatic nitrogens is 3. The zero-order valence-corrected chi connectivity index (χ0v) is 15.0. The van der Waals surface area contributed by atoms with E-state index in [1.807, 2.05) is 0 Å². The predicted molar refractivity (Wildman–Crippen MR) is 94.7 cm³/mol. The molecule has 0 aliphatic heterocycles. The van der Waals surface area contributed by atoms with Crippen LogP contribution in [0.1, 0.15) is 19.4 Å². The molecule has 28 heavy (non-hydrogen) atoms. The standard InChI is InChI=1S/C18H17F3N4O3/c1-17(2,27)16(26)23-15-13-10-25(24-14(13)6-7-22-15)9-11-4-3-5-12(8-11)28-18(19,20)21/h3-8,10,27H,9H2,1-2H3,(H,22,23,26). The van der Waals surface area contributed by atoms with E-state index in [4.69, 9.17) is 0 Å². The molecule has 3 rings (SSSR count). The minimum atomic E-state index is -4.77. The van der Waals surface area contributed by atoms with Gasteiger partial charge in [0.05, 0.1) is 17.4 Å². The summed E-state index contributed by atoms with van der Waals surface area (Å²) >= 11 is 0. The number of amides is 1. The largest absolute Gasteiger partial charge is 0.573 e. The number of hydrogen-bond donors (Lipinski definition) is 2. The van der Waals surface area contributed by atoms with Crippen molar-refractivity contribution in [2.24, 2.45) is 0 Å². The Labute approximate surface area is 157 Å². The Kier molecular flexibility index (Phi) is 4.99. The molecule has 1 aromatic carbocycles. The van der Waals surface area contributed by atoms with Crippen molar-refractivity contribution < 1.29 is 27.8 Å². The van der Waals surface area contributed by atoms with Crippen LogP contribution in [-0.2, 0) is 11.3 Å². The van der Waals surface area contributed by atoms with Gasteiger partial charge in [-0.3, -0.25) is 9.48 Å². The van der Waals surface area contributed by atoms with Gasteiger partial charge in [0.25, 0.3) is 5.91 Å². The molecule has 0 aliphatic carbocycles. The number of aliphatic hydroxyl groups is 1. The lowest BCUT2D eigenvalue weighted by Gasteiger charge is -2.16. The normalized spacial score (nSPS) is 12.2.